The van der Waals surface area contributed by atoms with Crippen LogP contribution in [0.2, 0.25) is 0 Å². The van der Waals surface area contributed by atoms with Gasteiger partial charge in [-0.05, 0) is 30.2 Å². The molecule has 0 unspecified atom stereocenters. The predicted molar refractivity (Wildman–Crippen MR) is 74.6 cm³/mol. The average molecular weight is 237 g/mol. The quantitative estimate of drug-likeness (QED) is 0.732. The molecule has 2 N–H and O–H groups in total. The van der Waals surface area contributed by atoms with Gasteiger partial charge in [-0.2, -0.15) is 5.10 Å². The Labute approximate surface area is 106 Å². The molecule has 0 bridgehead atoms. The number of nitrogens with one attached hydrogen (secondary N) is 2. The Balaban J connectivity index is 1.85. The summed E-state index contributed by atoms with van der Waals surface area (Å²) < 4.78 is 0. The number of anilines is 1. The van der Waals surface area contributed by atoms with Gasteiger partial charge in [0.1, 0.15) is 0 Å². The fraction of sp³-hybridized carbons (Fsp3) is 0.133. The number of hydrogen-bond acceptors (Lipinski definition) is 2. The molecule has 3 rings (SSSR count). The topological polar surface area (TPSA) is 40.7 Å². The third-order valence-electron chi connectivity index (χ3n) is 3.22. The molecule has 0 fully saturated rings. The molecule has 0 saturated heterocycles. The number of aromatic nitrogens is 2. The number of H-pyrrole nitrogens is 1. The SMILES string of the molecule is Cc1ccccc1CNc1cccc2[nH]ncc12. The molecule has 1 heterocycles. The second-order valence-corrected chi connectivity index (χ2v) is 4.42. The molecule has 3 aromatic rings. The van der Waals surface area contributed by atoms with Gasteiger partial charge in [0, 0.05) is 17.6 Å². The lowest BCUT2D eigenvalue weighted by Crippen LogP contribution is -2.01. The minimum Gasteiger partial charge on any atom is -0.380 e. The number of nitrogens with zero attached hydrogens (tertiary/aromatic N) is 1. The predicted octanol–water partition coefficient (Wildman–Crippen LogP) is 3.48. The minimum absolute atomic E-state index is 0.830. The third kappa shape index (κ3) is 1.95. The average Bonchev–Trinajstić information content (AvgIpc) is 2.86. The summed E-state index contributed by atoms with van der Waals surface area (Å²) in [6.45, 7) is 2.96. The first-order valence-corrected chi connectivity index (χ1v) is 6.05. The summed E-state index contributed by atoms with van der Waals surface area (Å²) in [5, 5.41) is 11.7. The van der Waals surface area contributed by atoms with Crippen LogP contribution in [-0.2, 0) is 6.54 Å². The molecule has 0 aliphatic carbocycles. The Bertz CT molecular complexity index is 670. The van der Waals surface area contributed by atoms with E-state index in [0.29, 0.717) is 0 Å². The zero-order valence-corrected chi connectivity index (χ0v) is 10.3. The molecule has 2 aromatic carbocycles. The molecule has 0 radical (unpaired) electrons. The van der Waals surface area contributed by atoms with E-state index in [2.05, 4.69) is 52.8 Å². The molecule has 90 valence electrons. The number of aryl methyl sites for hydroxylation is 1. The van der Waals surface area contributed by atoms with Crippen LogP contribution in [0.25, 0.3) is 10.9 Å². The maximum atomic E-state index is 4.07. The number of benzene rings is 2. The Kier molecular flexibility index (Phi) is 2.73. The smallest absolute Gasteiger partial charge is 0.0671 e. The summed E-state index contributed by atoms with van der Waals surface area (Å²) >= 11 is 0. The number of rotatable bonds is 3. The first-order chi connectivity index (χ1) is 8.84. The van der Waals surface area contributed by atoms with Gasteiger partial charge in [-0.3, -0.25) is 5.10 Å². The molecular weight excluding hydrogens is 222 g/mol. The van der Waals surface area contributed by atoms with Crippen molar-refractivity contribution in [1.82, 2.24) is 10.2 Å². The first kappa shape index (κ1) is 10.8. The van der Waals surface area contributed by atoms with Crippen molar-refractivity contribution in [2.45, 2.75) is 13.5 Å². The second kappa shape index (κ2) is 4.53. The van der Waals surface area contributed by atoms with Crippen LogP contribution in [-0.4, -0.2) is 10.2 Å². The minimum atomic E-state index is 0.830. The van der Waals surface area contributed by atoms with Crippen LogP contribution in [0.1, 0.15) is 11.1 Å². The van der Waals surface area contributed by atoms with Crippen LogP contribution in [0.4, 0.5) is 5.69 Å². The highest BCUT2D eigenvalue weighted by atomic mass is 15.1. The monoisotopic (exact) mass is 237 g/mol. The number of fused-ring (bicyclic) bond motifs is 1. The van der Waals surface area contributed by atoms with E-state index < -0.39 is 0 Å². The van der Waals surface area contributed by atoms with Gasteiger partial charge < -0.3 is 5.32 Å². The normalized spacial score (nSPS) is 10.7. The highest BCUT2D eigenvalue weighted by Gasteiger charge is 2.02. The summed E-state index contributed by atoms with van der Waals surface area (Å²) in [4.78, 5) is 0. The van der Waals surface area contributed by atoms with E-state index in [9.17, 15) is 0 Å². The molecule has 18 heavy (non-hydrogen) atoms. The summed E-state index contributed by atoms with van der Waals surface area (Å²) in [5.41, 5.74) is 4.80. The van der Waals surface area contributed by atoms with Crippen molar-refractivity contribution in [3.63, 3.8) is 0 Å². The van der Waals surface area contributed by atoms with Crippen LogP contribution in [0.3, 0.4) is 0 Å². The molecule has 0 aliphatic heterocycles. The second-order valence-electron chi connectivity index (χ2n) is 4.42. The molecule has 3 heteroatoms. The molecule has 0 spiro atoms. The molecular formula is C15H15N3. The van der Waals surface area contributed by atoms with Gasteiger partial charge in [0.2, 0.25) is 0 Å². The lowest BCUT2D eigenvalue weighted by Gasteiger charge is -2.09. The van der Waals surface area contributed by atoms with Crippen molar-refractivity contribution in [2.75, 3.05) is 5.32 Å². The Morgan fingerprint density at radius 1 is 1.11 bits per heavy atom. The molecule has 3 nitrogen and oxygen atoms in total. The fourth-order valence-electron chi connectivity index (χ4n) is 2.12. The van der Waals surface area contributed by atoms with Gasteiger partial charge in [0.05, 0.1) is 11.7 Å². The highest BCUT2D eigenvalue weighted by molar-refractivity contribution is 5.90. The van der Waals surface area contributed by atoms with Crippen molar-refractivity contribution < 1.29 is 0 Å². The van der Waals surface area contributed by atoms with E-state index in [1.807, 2.05) is 18.3 Å². The summed E-state index contributed by atoms with van der Waals surface area (Å²) in [5.74, 6) is 0. The first-order valence-electron chi connectivity index (χ1n) is 6.05. The van der Waals surface area contributed by atoms with Gasteiger partial charge in [-0.25, -0.2) is 0 Å². The van der Waals surface area contributed by atoms with Gasteiger partial charge in [-0.15, -0.1) is 0 Å². The van der Waals surface area contributed by atoms with Gasteiger partial charge >= 0.3 is 0 Å². The van der Waals surface area contributed by atoms with E-state index in [4.69, 9.17) is 0 Å². The maximum Gasteiger partial charge on any atom is 0.0671 e. The van der Waals surface area contributed by atoms with E-state index in [-0.39, 0.29) is 0 Å². The fourth-order valence-corrected chi connectivity index (χ4v) is 2.12. The van der Waals surface area contributed by atoms with Gasteiger partial charge in [0.25, 0.3) is 0 Å². The lowest BCUT2D eigenvalue weighted by atomic mass is 10.1. The molecule has 0 aliphatic rings. The summed E-state index contributed by atoms with van der Waals surface area (Å²) in [7, 11) is 0. The maximum absolute atomic E-state index is 4.07. The lowest BCUT2D eigenvalue weighted by molar-refractivity contribution is 1.12. The van der Waals surface area contributed by atoms with Crippen molar-refractivity contribution in [3.8, 4) is 0 Å². The van der Waals surface area contributed by atoms with Crippen molar-refractivity contribution in [2.24, 2.45) is 0 Å². The van der Waals surface area contributed by atoms with Crippen molar-refractivity contribution >= 4 is 16.6 Å². The molecule has 0 amide bonds. The summed E-state index contributed by atoms with van der Waals surface area (Å²) in [6, 6.07) is 14.6. The largest absolute Gasteiger partial charge is 0.380 e. The van der Waals surface area contributed by atoms with Gasteiger partial charge in [-0.1, -0.05) is 30.3 Å². The van der Waals surface area contributed by atoms with E-state index >= 15 is 0 Å². The van der Waals surface area contributed by atoms with Crippen molar-refractivity contribution in [3.05, 3.63) is 59.8 Å². The third-order valence-corrected chi connectivity index (χ3v) is 3.22. The van der Waals surface area contributed by atoms with E-state index in [1.165, 1.54) is 11.1 Å². The molecule has 0 atom stereocenters. The zero-order valence-electron chi connectivity index (χ0n) is 10.3. The highest BCUT2D eigenvalue weighted by Crippen LogP contribution is 2.22. The Morgan fingerprint density at radius 3 is 2.89 bits per heavy atom. The molecule has 0 saturated carbocycles. The zero-order chi connectivity index (χ0) is 12.4. The van der Waals surface area contributed by atoms with Gasteiger partial charge in [0.15, 0.2) is 0 Å². The standard InChI is InChI=1S/C15H15N3/c1-11-5-2-3-6-12(11)9-16-14-7-4-8-15-13(14)10-17-18-15/h2-8,10,16H,9H2,1H3,(H,17,18). The Morgan fingerprint density at radius 2 is 2.00 bits per heavy atom. The summed E-state index contributed by atoms with van der Waals surface area (Å²) in [6.07, 6.45) is 1.86. The van der Waals surface area contributed by atoms with E-state index in [1.54, 1.807) is 0 Å². The van der Waals surface area contributed by atoms with E-state index in [0.717, 1.165) is 23.1 Å². The van der Waals surface area contributed by atoms with Crippen LogP contribution in [0.5, 0.6) is 0 Å². The number of aromatic amines is 1. The van der Waals surface area contributed by atoms with Crippen LogP contribution >= 0.6 is 0 Å². The number of hydrogen-bond donors (Lipinski definition) is 2. The Hall–Kier alpha value is -2.29. The van der Waals surface area contributed by atoms with Crippen LogP contribution in [0.15, 0.2) is 48.7 Å². The van der Waals surface area contributed by atoms with Crippen LogP contribution in [0, 0.1) is 6.92 Å². The molecule has 1 aromatic heterocycles. The van der Waals surface area contributed by atoms with Crippen LogP contribution < -0.4 is 5.32 Å². The van der Waals surface area contributed by atoms with Crippen molar-refractivity contribution in [1.29, 1.82) is 0 Å².